The van der Waals surface area contributed by atoms with E-state index in [0.29, 0.717) is 0 Å². The summed E-state index contributed by atoms with van der Waals surface area (Å²) in [5, 5.41) is 10.7. The third-order valence-electron chi connectivity index (χ3n) is 2.70. The van der Waals surface area contributed by atoms with Crippen molar-refractivity contribution in [3.8, 4) is 0 Å². The number of esters is 1. The first kappa shape index (κ1) is 14.1. The number of benzene rings is 1. The summed E-state index contributed by atoms with van der Waals surface area (Å²) in [4.78, 5) is 25.0. The second-order valence-corrected chi connectivity index (χ2v) is 6.06. The summed E-state index contributed by atoms with van der Waals surface area (Å²) in [5.74, 6) is -1.04. The molecule has 20 heavy (non-hydrogen) atoms. The van der Waals surface area contributed by atoms with Crippen LogP contribution in [0.5, 0.6) is 0 Å². The summed E-state index contributed by atoms with van der Waals surface area (Å²) >= 11 is 0. The molecule has 0 fully saturated rings. The largest absolute Gasteiger partial charge is 0.469 e. The Balaban J connectivity index is 2.49. The summed E-state index contributed by atoms with van der Waals surface area (Å²) in [6.45, 7) is 0. The van der Waals surface area contributed by atoms with Gasteiger partial charge in [-0.1, -0.05) is 0 Å². The number of rotatable bonds is 3. The van der Waals surface area contributed by atoms with E-state index in [1.54, 1.807) is 0 Å². The number of hydrogen-bond donors (Lipinski definition) is 0. The summed E-state index contributed by atoms with van der Waals surface area (Å²) in [6.07, 6.45) is -0.230. The number of ether oxygens (including phenoxy) is 1. The third-order valence-corrected chi connectivity index (χ3v) is 4.41. The summed E-state index contributed by atoms with van der Waals surface area (Å²) in [6, 6.07) is 3.39. The fourth-order valence-electron chi connectivity index (χ4n) is 1.79. The van der Waals surface area contributed by atoms with Crippen LogP contribution in [-0.2, 0) is 19.4 Å². The van der Waals surface area contributed by atoms with Crippen LogP contribution in [0.1, 0.15) is 6.42 Å². The zero-order valence-corrected chi connectivity index (χ0v) is 11.2. The van der Waals surface area contributed by atoms with E-state index in [-0.39, 0.29) is 28.4 Å². The predicted octanol–water partition coefficient (Wildman–Crippen LogP) is 1.02. The van der Waals surface area contributed by atoms with Crippen LogP contribution in [0.2, 0.25) is 0 Å². The van der Waals surface area contributed by atoms with Crippen LogP contribution >= 0.6 is 0 Å². The molecule has 2 rings (SSSR count). The number of sulfone groups is 1. The first-order valence-electron chi connectivity index (χ1n) is 5.48. The van der Waals surface area contributed by atoms with Crippen molar-refractivity contribution in [1.82, 2.24) is 0 Å². The smallest absolute Gasteiger partial charge is 0.311 e. The normalized spacial score (nSPS) is 15.9. The van der Waals surface area contributed by atoms with Crippen LogP contribution in [0, 0.1) is 10.1 Å². The molecule has 1 aliphatic rings. The lowest BCUT2D eigenvalue weighted by Crippen LogP contribution is -2.23. The summed E-state index contributed by atoms with van der Waals surface area (Å²) < 4.78 is 28.6. The molecule has 0 bridgehead atoms. The number of aliphatic imine (C=N–C) groups is 1. The van der Waals surface area contributed by atoms with Crippen molar-refractivity contribution < 1.29 is 22.9 Å². The lowest BCUT2D eigenvalue weighted by Gasteiger charge is -2.15. The molecular weight excluding hydrogens is 288 g/mol. The molecule has 106 valence electrons. The van der Waals surface area contributed by atoms with Gasteiger partial charge in [0.05, 0.1) is 34.8 Å². The minimum Gasteiger partial charge on any atom is -0.469 e. The molecule has 0 N–H and O–H groups in total. The fourth-order valence-corrected chi connectivity index (χ4v) is 3.28. The molecule has 0 saturated heterocycles. The van der Waals surface area contributed by atoms with Crippen LogP contribution in [0.3, 0.4) is 0 Å². The van der Waals surface area contributed by atoms with Gasteiger partial charge in [0.1, 0.15) is 0 Å². The number of nitro benzene ring substituents is 1. The summed E-state index contributed by atoms with van der Waals surface area (Å²) in [5.41, 5.74) is -0.0714. The SMILES string of the molecule is COC(=O)CC1=Nc2ccc([N+](=O)[O-])cc2S(=O)(=O)C1. The molecule has 0 aromatic heterocycles. The maximum absolute atomic E-state index is 12.1. The molecule has 0 atom stereocenters. The van der Waals surface area contributed by atoms with E-state index in [0.717, 1.165) is 6.07 Å². The molecule has 1 aliphatic heterocycles. The van der Waals surface area contributed by atoms with E-state index >= 15 is 0 Å². The molecule has 0 amide bonds. The lowest BCUT2D eigenvalue weighted by atomic mass is 10.2. The minimum absolute atomic E-state index is 0.0979. The number of methoxy groups -OCH3 is 1. The highest BCUT2D eigenvalue weighted by Gasteiger charge is 2.29. The third kappa shape index (κ3) is 2.67. The number of nitrogens with zero attached hydrogens (tertiary/aromatic N) is 2. The quantitative estimate of drug-likeness (QED) is 0.467. The zero-order chi connectivity index (χ0) is 14.9. The molecular formula is C11H10N2O6S. The average Bonchev–Trinajstić information content (AvgIpc) is 2.37. The lowest BCUT2D eigenvalue weighted by molar-refractivity contribution is -0.385. The van der Waals surface area contributed by atoms with E-state index in [2.05, 4.69) is 9.73 Å². The van der Waals surface area contributed by atoms with Crippen LogP contribution in [0.25, 0.3) is 0 Å². The van der Waals surface area contributed by atoms with Crippen molar-refractivity contribution >= 4 is 32.9 Å². The van der Waals surface area contributed by atoms with Gasteiger partial charge < -0.3 is 4.74 Å². The van der Waals surface area contributed by atoms with Crippen molar-refractivity contribution in [2.24, 2.45) is 4.99 Å². The molecule has 8 nitrogen and oxygen atoms in total. The second kappa shape index (κ2) is 5.00. The van der Waals surface area contributed by atoms with E-state index < -0.39 is 26.5 Å². The van der Waals surface area contributed by atoms with Crippen LogP contribution in [-0.4, -0.2) is 37.9 Å². The number of hydrogen-bond acceptors (Lipinski definition) is 7. The summed E-state index contributed by atoms with van der Waals surface area (Å²) in [7, 11) is -2.55. The van der Waals surface area contributed by atoms with E-state index in [1.165, 1.54) is 19.2 Å². The van der Waals surface area contributed by atoms with Crippen molar-refractivity contribution in [1.29, 1.82) is 0 Å². The van der Waals surface area contributed by atoms with Crippen molar-refractivity contribution in [3.05, 3.63) is 28.3 Å². The van der Waals surface area contributed by atoms with Gasteiger partial charge in [-0.15, -0.1) is 0 Å². The maximum Gasteiger partial charge on any atom is 0.311 e. The molecule has 0 radical (unpaired) electrons. The van der Waals surface area contributed by atoms with E-state index in [1.807, 2.05) is 0 Å². The first-order chi connectivity index (χ1) is 9.33. The number of carbonyl (C=O) groups is 1. The Morgan fingerprint density at radius 1 is 1.50 bits per heavy atom. The van der Waals surface area contributed by atoms with Gasteiger partial charge in [0.25, 0.3) is 5.69 Å². The van der Waals surface area contributed by atoms with Gasteiger partial charge in [-0.25, -0.2) is 8.42 Å². The highest BCUT2D eigenvalue weighted by Crippen LogP contribution is 2.33. The second-order valence-electron chi connectivity index (χ2n) is 4.10. The van der Waals surface area contributed by atoms with Crippen LogP contribution < -0.4 is 0 Å². The molecule has 1 aromatic carbocycles. The Morgan fingerprint density at radius 2 is 2.20 bits per heavy atom. The number of nitro groups is 1. The molecule has 0 aliphatic carbocycles. The Labute approximate surface area is 114 Å². The number of carbonyl (C=O) groups excluding carboxylic acids is 1. The topological polar surface area (TPSA) is 116 Å². The Morgan fingerprint density at radius 3 is 2.80 bits per heavy atom. The van der Waals surface area contributed by atoms with E-state index in [9.17, 15) is 23.3 Å². The van der Waals surface area contributed by atoms with Gasteiger partial charge in [0.15, 0.2) is 9.84 Å². The maximum atomic E-state index is 12.1. The van der Waals surface area contributed by atoms with Crippen molar-refractivity contribution in [2.45, 2.75) is 11.3 Å². The fraction of sp³-hybridized carbons (Fsp3) is 0.273. The van der Waals surface area contributed by atoms with Gasteiger partial charge in [-0.05, 0) is 6.07 Å². The molecule has 0 saturated carbocycles. The molecule has 9 heteroatoms. The molecule has 0 spiro atoms. The van der Waals surface area contributed by atoms with Gasteiger partial charge >= 0.3 is 5.97 Å². The highest BCUT2D eigenvalue weighted by atomic mass is 32.2. The minimum atomic E-state index is -3.74. The molecule has 1 aromatic rings. The van der Waals surface area contributed by atoms with Crippen LogP contribution in [0.15, 0.2) is 28.1 Å². The number of fused-ring (bicyclic) bond motifs is 1. The Kier molecular flexibility index (Phi) is 3.53. The Hall–Kier alpha value is -2.29. The van der Waals surface area contributed by atoms with Crippen molar-refractivity contribution in [3.63, 3.8) is 0 Å². The monoisotopic (exact) mass is 298 g/mol. The van der Waals surface area contributed by atoms with Crippen LogP contribution in [0.4, 0.5) is 11.4 Å². The van der Waals surface area contributed by atoms with Gasteiger partial charge in [0.2, 0.25) is 0 Å². The average molecular weight is 298 g/mol. The highest BCUT2D eigenvalue weighted by molar-refractivity contribution is 7.92. The van der Waals surface area contributed by atoms with Crippen molar-refractivity contribution in [2.75, 3.05) is 12.9 Å². The van der Waals surface area contributed by atoms with E-state index in [4.69, 9.17) is 0 Å². The first-order valence-corrected chi connectivity index (χ1v) is 7.13. The zero-order valence-electron chi connectivity index (χ0n) is 10.4. The molecule has 1 heterocycles. The number of non-ortho nitro benzene ring substituents is 1. The molecule has 0 unspecified atom stereocenters. The standard InChI is InChI=1S/C11H10N2O6S/c1-19-11(14)4-7-6-20(17,18)10-5-8(13(15)16)2-3-9(10)12-7/h2-3,5H,4,6H2,1H3. The predicted molar refractivity (Wildman–Crippen MR) is 68.9 cm³/mol. The van der Waals surface area contributed by atoms with Gasteiger partial charge in [0, 0.05) is 17.8 Å². The Bertz CT molecular complexity index is 722. The van der Waals surface area contributed by atoms with Gasteiger partial charge in [-0.2, -0.15) is 0 Å². The van der Waals surface area contributed by atoms with Gasteiger partial charge in [-0.3, -0.25) is 19.9 Å².